The molecule has 0 spiro atoms. The number of nitrogens with one attached hydrogen (secondary N) is 1. The Morgan fingerprint density at radius 1 is 1.41 bits per heavy atom. The Hall–Kier alpha value is -2.17. The third-order valence-corrected chi connectivity index (χ3v) is 4.29. The van der Waals surface area contributed by atoms with E-state index in [1.165, 1.54) is 12.8 Å². The van der Waals surface area contributed by atoms with Gasteiger partial charge in [-0.3, -0.25) is 14.5 Å². The van der Waals surface area contributed by atoms with Gasteiger partial charge in [0.05, 0.1) is 11.7 Å². The molecule has 1 fully saturated rings. The molecule has 1 N–H and O–H groups in total. The van der Waals surface area contributed by atoms with Crippen molar-refractivity contribution >= 4 is 5.91 Å². The third-order valence-electron chi connectivity index (χ3n) is 4.29. The molecule has 22 heavy (non-hydrogen) atoms. The topological polar surface area (TPSA) is 59.8 Å². The van der Waals surface area contributed by atoms with Gasteiger partial charge in [0.2, 0.25) is 5.91 Å². The van der Waals surface area contributed by atoms with Crippen LogP contribution in [0.15, 0.2) is 30.6 Å². The van der Waals surface area contributed by atoms with Crippen molar-refractivity contribution in [3.05, 3.63) is 47.5 Å². The molecule has 0 saturated heterocycles. The molecule has 1 saturated carbocycles. The summed E-state index contributed by atoms with van der Waals surface area (Å²) < 4.78 is 1.81. The average molecular weight is 298 g/mol. The quantitative estimate of drug-likeness (QED) is 0.890. The molecule has 0 bridgehead atoms. The normalized spacial score (nSPS) is 15.5. The van der Waals surface area contributed by atoms with Crippen molar-refractivity contribution < 1.29 is 4.79 Å². The van der Waals surface area contributed by atoms with Gasteiger partial charge in [-0.1, -0.05) is 6.07 Å². The Bertz CT molecular complexity index is 660. The number of nitrogens with zero attached hydrogens (tertiary/aromatic N) is 3. The second kappa shape index (κ2) is 6.30. The number of amides is 1. The van der Waals surface area contributed by atoms with Crippen LogP contribution in [0.5, 0.6) is 0 Å². The van der Waals surface area contributed by atoms with Gasteiger partial charge in [0.15, 0.2) is 0 Å². The lowest BCUT2D eigenvalue weighted by Gasteiger charge is -2.19. The zero-order valence-corrected chi connectivity index (χ0v) is 13.1. The molecule has 5 heteroatoms. The molecule has 0 radical (unpaired) electrons. The fraction of sp³-hybridized carbons (Fsp3) is 0.471. The van der Waals surface area contributed by atoms with Crippen LogP contribution in [0.25, 0.3) is 0 Å². The maximum Gasteiger partial charge on any atom is 0.220 e. The first-order chi connectivity index (χ1) is 10.6. The van der Waals surface area contributed by atoms with Crippen molar-refractivity contribution in [3.8, 4) is 0 Å². The largest absolute Gasteiger partial charge is 0.347 e. The van der Waals surface area contributed by atoms with E-state index >= 15 is 0 Å². The van der Waals surface area contributed by atoms with Gasteiger partial charge in [-0.15, -0.1) is 0 Å². The summed E-state index contributed by atoms with van der Waals surface area (Å²) in [7, 11) is 1.90. The molecule has 2 aromatic rings. The van der Waals surface area contributed by atoms with Crippen LogP contribution in [0.2, 0.25) is 0 Å². The monoisotopic (exact) mass is 298 g/mol. The predicted molar refractivity (Wildman–Crippen MR) is 84.1 cm³/mol. The van der Waals surface area contributed by atoms with Crippen LogP contribution in [-0.4, -0.2) is 20.7 Å². The van der Waals surface area contributed by atoms with Gasteiger partial charge in [0.25, 0.3) is 0 Å². The molecule has 1 aliphatic rings. The van der Waals surface area contributed by atoms with Crippen molar-refractivity contribution in [2.75, 3.05) is 0 Å². The summed E-state index contributed by atoms with van der Waals surface area (Å²) in [4.78, 5) is 16.8. The van der Waals surface area contributed by atoms with Crippen molar-refractivity contribution in [1.29, 1.82) is 0 Å². The van der Waals surface area contributed by atoms with Crippen LogP contribution in [0.3, 0.4) is 0 Å². The predicted octanol–water partition coefficient (Wildman–Crippen LogP) is 2.32. The van der Waals surface area contributed by atoms with Crippen molar-refractivity contribution in [2.45, 2.75) is 38.6 Å². The second-order valence-electron chi connectivity index (χ2n) is 6.03. The first kappa shape index (κ1) is 14.8. The van der Waals surface area contributed by atoms with Gasteiger partial charge in [-0.25, -0.2) is 0 Å². The molecule has 2 aromatic heterocycles. The summed E-state index contributed by atoms with van der Waals surface area (Å²) in [5.74, 6) is 0.623. The Morgan fingerprint density at radius 2 is 2.23 bits per heavy atom. The minimum Gasteiger partial charge on any atom is -0.347 e. The summed E-state index contributed by atoms with van der Waals surface area (Å²) >= 11 is 0. The van der Waals surface area contributed by atoms with Gasteiger partial charge in [0, 0.05) is 31.6 Å². The summed E-state index contributed by atoms with van der Waals surface area (Å²) in [6.07, 6.45) is 7.10. The highest BCUT2D eigenvalue weighted by molar-refractivity contribution is 5.76. The van der Waals surface area contributed by atoms with E-state index < -0.39 is 0 Å². The number of carbonyl (C=O) groups excluding carboxylic acids is 1. The van der Waals surface area contributed by atoms with Gasteiger partial charge < -0.3 is 5.32 Å². The van der Waals surface area contributed by atoms with Gasteiger partial charge in [-0.2, -0.15) is 5.10 Å². The van der Waals surface area contributed by atoms with Crippen LogP contribution in [0.1, 0.15) is 42.3 Å². The van der Waals surface area contributed by atoms with Crippen molar-refractivity contribution in [2.24, 2.45) is 13.0 Å². The minimum atomic E-state index is 0.0558. The van der Waals surface area contributed by atoms with Crippen LogP contribution in [0.4, 0.5) is 0 Å². The molecule has 0 aromatic carbocycles. The number of aryl methyl sites for hydroxylation is 3. The van der Waals surface area contributed by atoms with Crippen LogP contribution in [-0.2, 0) is 18.3 Å². The number of hydrogen-bond donors (Lipinski definition) is 1. The smallest absolute Gasteiger partial charge is 0.220 e. The van der Waals surface area contributed by atoms with Crippen LogP contribution < -0.4 is 5.32 Å². The minimum absolute atomic E-state index is 0.0558. The molecule has 3 rings (SSSR count). The number of hydrogen-bond acceptors (Lipinski definition) is 3. The van der Waals surface area contributed by atoms with Crippen molar-refractivity contribution in [1.82, 2.24) is 20.1 Å². The van der Waals surface area contributed by atoms with Gasteiger partial charge >= 0.3 is 0 Å². The Labute approximate surface area is 130 Å². The molecule has 1 amide bonds. The van der Waals surface area contributed by atoms with E-state index in [0.29, 0.717) is 18.8 Å². The van der Waals surface area contributed by atoms with E-state index in [9.17, 15) is 4.79 Å². The van der Waals surface area contributed by atoms with E-state index in [1.54, 1.807) is 12.4 Å². The number of carbonyl (C=O) groups is 1. The van der Waals surface area contributed by atoms with Crippen LogP contribution in [0, 0.1) is 12.8 Å². The summed E-state index contributed by atoms with van der Waals surface area (Å²) in [5.41, 5.74) is 3.23. The lowest BCUT2D eigenvalue weighted by atomic mass is 10.0. The highest BCUT2D eigenvalue weighted by atomic mass is 16.1. The first-order valence-corrected chi connectivity index (χ1v) is 7.83. The fourth-order valence-corrected chi connectivity index (χ4v) is 2.80. The highest BCUT2D eigenvalue weighted by Gasteiger charge is 2.34. The van der Waals surface area contributed by atoms with Crippen molar-refractivity contribution in [3.63, 3.8) is 0 Å². The molecular weight excluding hydrogens is 276 g/mol. The average Bonchev–Trinajstić information content (AvgIpc) is 3.26. The molecule has 2 heterocycles. The number of aromatic nitrogens is 3. The van der Waals surface area contributed by atoms with E-state index in [0.717, 1.165) is 17.0 Å². The molecule has 1 aliphatic carbocycles. The number of pyridine rings is 1. The van der Waals surface area contributed by atoms with E-state index in [1.807, 2.05) is 23.9 Å². The summed E-state index contributed by atoms with van der Waals surface area (Å²) in [5, 5.41) is 7.31. The first-order valence-electron chi connectivity index (χ1n) is 7.83. The Kier molecular flexibility index (Phi) is 4.22. The molecule has 0 aliphatic heterocycles. The van der Waals surface area contributed by atoms with Gasteiger partial charge in [-0.05, 0) is 49.8 Å². The molecule has 116 valence electrons. The third kappa shape index (κ3) is 3.35. The van der Waals surface area contributed by atoms with E-state index in [2.05, 4.69) is 28.4 Å². The standard InChI is InChI=1S/C17H22N4O/c1-12-4-3-10-18-16(12)17(13-5-6-13)20-15(22)8-7-14-9-11-19-21(14)2/h3-4,9-11,13,17H,5-8H2,1-2H3,(H,20,22)/t17-/m1/s1. The molecule has 5 nitrogen and oxygen atoms in total. The highest BCUT2D eigenvalue weighted by Crippen LogP contribution is 2.41. The summed E-state index contributed by atoms with van der Waals surface area (Å²) in [6.45, 7) is 2.06. The Balaban J connectivity index is 1.63. The zero-order valence-electron chi connectivity index (χ0n) is 13.1. The maximum atomic E-state index is 12.3. The maximum absolute atomic E-state index is 12.3. The molecule has 0 unspecified atom stereocenters. The SMILES string of the molecule is Cc1cccnc1[C@H](NC(=O)CCc1ccnn1C)C1CC1. The second-order valence-corrected chi connectivity index (χ2v) is 6.03. The molecule has 1 atom stereocenters. The Morgan fingerprint density at radius 3 is 2.86 bits per heavy atom. The fourth-order valence-electron chi connectivity index (χ4n) is 2.80. The van der Waals surface area contributed by atoms with Gasteiger partial charge in [0.1, 0.15) is 0 Å². The zero-order chi connectivity index (χ0) is 15.5. The van der Waals surface area contributed by atoms with E-state index in [4.69, 9.17) is 0 Å². The van der Waals surface area contributed by atoms with Crippen LogP contribution >= 0.6 is 0 Å². The summed E-state index contributed by atoms with van der Waals surface area (Å²) in [6, 6.07) is 6.00. The number of rotatable bonds is 6. The lowest BCUT2D eigenvalue weighted by Crippen LogP contribution is -2.31. The molecular formula is C17H22N4O. The van der Waals surface area contributed by atoms with E-state index in [-0.39, 0.29) is 11.9 Å². The lowest BCUT2D eigenvalue weighted by molar-refractivity contribution is -0.122.